The van der Waals surface area contributed by atoms with E-state index in [1.54, 1.807) is 6.07 Å². The molecule has 3 N–H and O–H groups in total. The highest BCUT2D eigenvalue weighted by molar-refractivity contribution is 7.92. The van der Waals surface area contributed by atoms with Gasteiger partial charge in [0.25, 0.3) is 15.7 Å². The Hall–Kier alpha value is -4.03. The van der Waals surface area contributed by atoms with E-state index in [0.717, 1.165) is 24.3 Å². The first-order valence-electron chi connectivity index (χ1n) is 9.13. The predicted octanol–water partition coefficient (Wildman–Crippen LogP) is 5.79. The number of sulfonamides is 1. The summed E-state index contributed by atoms with van der Waals surface area (Å²) in [4.78, 5) is 12.9. The van der Waals surface area contributed by atoms with Gasteiger partial charge in [0.15, 0.2) is 11.4 Å². The van der Waals surface area contributed by atoms with Crippen LogP contribution in [0, 0.1) is 15.9 Å². The van der Waals surface area contributed by atoms with Crippen LogP contribution in [0.2, 0.25) is 5.02 Å². The molecule has 0 bridgehead atoms. The van der Waals surface area contributed by atoms with E-state index in [2.05, 4.69) is 19.9 Å². The Morgan fingerprint density at radius 3 is 2.61 bits per heavy atom. The number of fused-ring (bicyclic) bond motifs is 1. The monoisotopic (exact) mass is 489 g/mol. The summed E-state index contributed by atoms with van der Waals surface area (Å²) < 4.78 is 41.2. The van der Waals surface area contributed by atoms with E-state index in [0.29, 0.717) is 10.5 Å². The largest absolute Gasteiger partial charge is 0.493 e. The lowest BCUT2D eigenvalue weighted by atomic mass is 10.2. The maximum atomic E-state index is 13.6. The van der Waals surface area contributed by atoms with E-state index in [4.69, 9.17) is 11.6 Å². The second kappa shape index (κ2) is 8.48. The molecule has 168 valence electrons. The summed E-state index contributed by atoms with van der Waals surface area (Å²) in [6.45, 7) is 0. The molecule has 0 spiro atoms. The molecule has 4 rings (SSSR count). The highest BCUT2D eigenvalue weighted by atomic mass is 35.5. The first-order chi connectivity index (χ1) is 15.6. The van der Waals surface area contributed by atoms with Crippen LogP contribution >= 0.6 is 11.6 Å². The Morgan fingerprint density at radius 1 is 1.09 bits per heavy atom. The van der Waals surface area contributed by atoms with Gasteiger partial charge in [-0.2, -0.15) is 0 Å². The molecule has 1 aromatic heterocycles. The number of H-pyrrole nitrogens is 1. The van der Waals surface area contributed by atoms with Gasteiger partial charge < -0.3 is 10.1 Å². The Kier molecular flexibility index (Phi) is 5.70. The number of aromatic amines is 1. The SMILES string of the molecule is O=[N+]([O-])c1cc(S(=O)(=O)Nc2cccc(Cl)c2)ccc1N=Nc1c(O)[nH]c2ccc(F)cc12. The number of aromatic hydroxyl groups is 1. The number of nitrogens with one attached hydrogen (secondary N) is 2. The van der Waals surface area contributed by atoms with Crippen LogP contribution in [0.3, 0.4) is 0 Å². The molecule has 0 aliphatic rings. The topological polar surface area (TPSA) is 150 Å². The van der Waals surface area contributed by atoms with Crippen LogP contribution in [0.5, 0.6) is 5.88 Å². The van der Waals surface area contributed by atoms with Crippen molar-refractivity contribution >= 4 is 55.3 Å². The number of hydrogen-bond acceptors (Lipinski definition) is 7. The second-order valence-corrected chi connectivity index (χ2v) is 8.85. The molecular formula is C20H13ClFN5O5S. The van der Waals surface area contributed by atoms with Crippen molar-refractivity contribution in [1.29, 1.82) is 0 Å². The zero-order valence-corrected chi connectivity index (χ0v) is 17.9. The van der Waals surface area contributed by atoms with Gasteiger partial charge in [-0.25, -0.2) is 12.8 Å². The van der Waals surface area contributed by atoms with Gasteiger partial charge in [0.05, 0.1) is 21.0 Å². The fourth-order valence-corrected chi connectivity index (χ4v) is 4.27. The van der Waals surface area contributed by atoms with Crippen molar-refractivity contribution in [3.8, 4) is 5.88 Å². The van der Waals surface area contributed by atoms with Gasteiger partial charge >= 0.3 is 0 Å². The number of azo groups is 1. The molecule has 4 aromatic rings. The summed E-state index contributed by atoms with van der Waals surface area (Å²) in [5.74, 6) is -0.988. The fourth-order valence-electron chi connectivity index (χ4n) is 3.01. The van der Waals surface area contributed by atoms with E-state index in [-0.39, 0.29) is 27.3 Å². The fraction of sp³-hybridized carbons (Fsp3) is 0. The van der Waals surface area contributed by atoms with Crippen LogP contribution < -0.4 is 4.72 Å². The third-order valence-electron chi connectivity index (χ3n) is 4.50. The van der Waals surface area contributed by atoms with Gasteiger partial charge in [-0.1, -0.05) is 17.7 Å². The summed E-state index contributed by atoms with van der Waals surface area (Å²) in [6, 6.07) is 12.7. The molecule has 0 saturated heterocycles. The van der Waals surface area contributed by atoms with Gasteiger partial charge in [0.1, 0.15) is 5.82 Å². The zero-order chi connectivity index (χ0) is 23.8. The molecule has 0 atom stereocenters. The van der Waals surface area contributed by atoms with E-state index in [1.165, 1.54) is 30.3 Å². The number of anilines is 1. The normalized spacial score (nSPS) is 11.8. The lowest BCUT2D eigenvalue weighted by molar-refractivity contribution is -0.384. The molecule has 0 radical (unpaired) electrons. The minimum absolute atomic E-state index is 0.127. The van der Waals surface area contributed by atoms with Crippen molar-refractivity contribution in [3.05, 3.63) is 81.6 Å². The van der Waals surface area contributed by atoms with Crippen LogP contribution in [0.4, 0.5) is 27.1 Å². The predicted molar refractivity (Wildman–Crippen MR) is 119 cm³/mol. The van der Waals surface area contributed by atoms with Crippen molar-refractivity contribution in [3.63, 3.8) is 0 Å². The molecule has 33 heavy (non-hydrogen) atoms. The number of benzene rings is 3. The number of rotatable bonds is 6. The second-order valence-electron chi connectivity index (χ2n) is 6.74. The van der Waals surface area contributed by atoms with E-state index in [1.807, 2.05) is 0 Å². The van der Waals surface area contributed by atoms with Crippen LogP contribution in [0.25, 0.3) is 10.9 Å². The number of nitrogens with zero attached hydrogens (tertiary/aromatic N) is 3. The smallest absolute Gasteiger partial charge is 0.298 e. The number of aromatic nitrogens is 1. The third kappa shape index (κ3) is 4.61. The average Bonchev–Trinajstić information content (AvgIpc) is 3.06. The average molecular weight is 490 g/mol. The van der Waals surface area contributed by atoms with Crippen molar-refractivity contribution in [2.24, 2.45) is 10.2 Å². The minimum atomic E-state index is -4.17. The number of halogens is 2. The maximum absolute atomic E-state index is 13.6. The Balaban J connectivity index is 1.71. The Bertz CT molecular complexity index is 1540. The summed E-state index contributed by atoms with van der Waals surface area (Å²) >= 11 is 5.85. The first kappa shape index (κ1) is 22.2. The molecular weight excluding hydrogens is 477 g/mol. The van der Waals surface area contributed by atoms with Gasteiger partial charge in [0.2, 0.25) is 5.88 Å². The van der Waals surface area contributed by atoms with E-state index < -0.39 is 32.3 Å². The van der Waals surface area contributed by atoms with Crippen molar-refractivity contribution in [2.75, 3.05) is 4.72 Å². The first-order valence-corrected chi connectivity index (χ1v) is 11.0. The highest BCUT2D eigenvalue weighted by Gasteiger charge is 2.22. The molecule has 13 heteroatoms. The molecule has 10 nitrogen and oxygen atoms in total. The number of nitro benzene ring substituents is 1. The van der Waals surface area contributed by atoms with Crippen molar-refractivity contribution < 1.29 is 22.8 Å². The van der Waals surface area contributed by atoms with E-state index in [9.17, 15) is 28.0 Å². The zero-order valence-electron chi connectivity index (χ0n) is 16.4. The van der Waals surface area contributed by atoms with Gasteiger partial charge in [0, 0.05) is 16.5 Å². The Morgan fingerprint density at radius 2 is 1.88 bits per heavy atom. The van der Waals surface area contributed by atoms with Crippen LogP contribution in [0.1, 0.15) is 0 Å². The third-order valence-corrected chi connectivity index (χ3v) is 6.12. The van der Waals surface area contributed by atoms with Crippen LogP contribution in [-0.4, -0.2) is 23.4 Å². The minimum Gasteiger partial charge on any atom is -0.493 e. The molecule has 3 aromatic carbocycles. The lowest BCUT2D eigenvalue weighted by Crippen LogP contribution is -2.13. The summed E-state index contributed by atoms with van der Waals surface area (Å²) in [7, 11) is -4.17. The molecule has 0 saturated carbocycles. The molecule has 0 unspecified atom stereocenters. The van der Waals surface area contributed by atoms with Crippen molar-refractivity contribution in [1.82, 2.24) is 4.98 Å². The molecule has 1 heterocycles. The van der Waals surface area contributed by atoms with Gasteiger partial charge in [-0.3, -0.25) is 14.8 Å². The van der Waals surface area contributed by atoms with E-state index >= 15 is 0 Å². The molecule has 0 aliphatic heterocycles. The molecule has 0 aliphatic carbocycles. The lowest BCUT2D eigenvalue weighted by Gasteiger charge is -2.08. The van der Waals surface area contributed by atoms with Crippen LogP contribution in [-0.2, 0) is 10.0 Å². The number of nitro groups is 1. The molecule has 0 amide bonds. The quantitative estimate of drug-likeness (QED) is 0.178. The summed E-state index contributed by atoms with van der Waals surface area (Å²) in [5, 5.41) is 29.7. The standard InChI is InChI=1S/C20H13ClFN5O5S/c21-11-2-1-3-13(8-11)26-33(31,32)14-5-7-17(18(10-14)27(29)30)24-25-19-15-9-12(22)4-6-16(15)23-20(19)28/h1-10,23,26,28H. The summed E-state index contributed by atoms with van der Waals surface area (Å²) in [5.41, 5.74) is -0.481. The molecule has 0 fully saturated rings. The van der Waals surface area contributed by atoms with Crippen molar-refractivity contribution in [2.45, 2.75) is 4.90 Å². The van der Waals surface area contributed by atoms with Gasteiger partial charge in [-0.05, 0) is 48.5 Å². The maximum Gasteiger partial charge on any atom is 0.298 e. The van der Waals surface area contributed by atoms with Gasteiger partial charge in [-0.15, -0.1) is 10.2 Å². The van der Waals surface area contributed by atoms with Crippen LogP contribution in [0.15, 0.2) is 75.8 Å². The highest BCUT2D eigenvalue weighted by Crippen LogP contribution is 2.38. The number of hydrogen-bond donors (Lipinski definition) is 3. The summed E-state index contributed by atoms with van der Waals surface area (Å²) in [6.07, 6.45) is 0. The Labute approximate surface area is 190 Å².